The molecule has 0 radical (unpaired) electrons. The van der Waals surface area contributed by atoms with Gasteiger partial charge in [-0.1, -0.05) is 42.2 Å². The first kappa shape index (κ1) is 21.7. The molecule has 0 fully saturated rings. The molecular formula is C15H21Cl2N3O4S. The summed E-state index contributed by atoms with van der Waals surface area (Å²) in [6.45, 7) is 3.48. The minimum Gasteiger partial charge on any atom is -0.399 e. The van der Waals surface area contributed by atoms with Crippen molar-refractivity contribution in [3.8, 4) is 0 Å². The maximum absolute atomic E-state index is 12.4. The number of halogens is 2. The van der Waals surface area contributed by atoms with Crippen molar-refractivity contribution >= 4 is 44.8 Å². The molecule has 25 heavy (non-hydrogen) atoms. The molecule has 10 heteroatoms. The Kier molecular flexibility index (Phi) is 8.14. The lowest BCUT2D eigenvalue weighted by molar-refractivity contribution is -0.123. The van der Waals surface area contributed by atoms with Crippen molar-refractivity contribution in [1.29, 1.82) is 0 Å². The van der Waals surface area contributed by atoms with E-state index in [0.29, 0.717) is 21.3 Å². The van der Waals surface area contributed by atoms with Gasteiger partial charge in [0.05, 0.1) is 17.8 Å². The molecule has 1 aromatic carbocycles. The third-order valence-electron chi connectivity index (χ3n) is 3.16. The molecule has 1 rings (SSSR count). The van der Waals surface area contributed by atoms with Gasteiger partial charge in [-0.25, -0.2) is 13.1 Å². The largest absolute Gasteiger partial charge is 0.399 e. The zero-order valence-corrected chi connectivity index (χ0v) is 16.7. The Hall–Kier alpha value is -1.35. The van der Waals surface area contributed by atoms with Crippen molar-refractivity contribution in [3.63, 3.8) is 0 Å². The summed E-state index contributed by atoms with van der Waals surface area (Å²) in [5, 5.41) is 7.33. The van der Waals surface area contributed by atoms with Gasteiger partial charge in [0, 0.05) is 10.6 Å². The number of rotatable bonds is 8. The average Bonchev–Trinajstić information content (AvgIpc) is 2.48. The number of hydrogen-bond donors (Lipinski definition) is 2. The smallest absolute Gasteiger partial charge is 0.238 e. The summed E-state index contributed by atoms with van der Waals surface area (Å²) in [4.78, 5) is 17.2. The van der Waals surface area contributed by atoms with Crippen LogP contribution in [0.25, 0.3) is 0 Å². The van der Waals surface area contributed by atoms with E-state index in [0.717, 1.165) is 6.26 Å². The first-order valence-electron chi connectivity index (χ1n) is 7.35. The summed E-state index contributed by atoms with van der Waals surface area (Å²) in [7, 11) is -2.16. The van der Waals surface area contributed by atoms with Crippen molar-refractivity contribution < 1.29 is 18.0 Å². The van der Waals surface area contributed by atoms with Crippen molar-refractivity contribution in [2.45, 2.75) is 19.9 Å². The first-order chi connectivity index (χ1) is 11.5. The second-order valence-corrected chi connectivity index (χ2v) is 8.30. The van der Waals surface area contributed by atoms with Gasteiger partial charge in [0.1, 0.15) is 18.9 Å². The van der Waals surface area contributed by atoms with Crippen LogP contribution in [0.2, 0.25) is 10.0 Å². The monoisotopic (exact) mass is 409 g/mol. The minimum atomic E-state index is -3.53. The van der Waals surface area contributed by atoms with Crippen molar-refractivity contribution in [2.75, 3.05) is 19.9 Å². The molecule has 0 aromatic heterocycles. The molecule has 7 nitrogen and oxygen atoms in total. The molecule has 0 aliphatic rings. The topological polar surface area (TPSA) is 96.9 Å². The van der Waals surface area contributed by atoms with E-state index < -0.39 is 22.0 Å². The van der Waals surface area contributed by atoms with Gasteiger partial charge < -0.3 is 10.2 Å². The Bertz CT molecular complexity index is 751. The summed E-state index contributed by atoms with van der Waals surface area (Å²) < 4.78 is 25.2. The Morgan fingerprint density at radius 3 is 2.44 bits per heavy atom. The van der Waals surface area contributed by atoms with E-state index in [4.69, 9.17) is 28.0 Å². The van der Waals surface area contributed by atoms with E-state index in [2.05, 4.69) is 15.2 Å². The van der Waals surface area contributed by atoms with Gasteiger partial charge in [-0.2, -0.15) is 0 Å². The predicted molar refractivity (Wildman–Crippen MR) is 99.6 cm³/mol. The summed E-state index contributed by atoms with van der Waals surface area (Å²) in [5.41, 5.74) is 0.921. The Labute approximate surface area is 157 Å². The van der Waals surface area contributed by atoms with Gasteiger partial charge in [-0.3, -0.25) is 4.79 Å². The van der Waals surface area contributed by atoms with Crippen LogP contribution in [-0.4, -0.2) is 46.0 Å². The van der Waals surface area contributed by atoms with Crippen LogP contribution in [0.1, 0.15) is 19.4 Å². The summed E-state index contributed by atoms with van der Waals surface area (Å²) >= 11 is 12.0. The summed E-state index contributed by atoms with van der Waals surface area (Å²) in [6.07, 6.45) is 1.00. The summed E-state index contributed by atoms with van der Waals surface area (Å²) in [5.74, 6) is -0.717. The van der Waals surface area contributed by atoms with Crippen LogP contribution in [0, 0.1) is 5.92 Å². The summed E-state index contributed by atoms with van der Waals surface area (Å²) in [6, 6.07) is 3.94. The third kappa shape index (κ3) is 7.19. The zero-order valence-electron chi connectivity index (χ0n) is 14.3. The lowest BCUT2D eigenvalue weighted by atomic mass is 10.0. The Morgan fingerprint density at radius 2 is 1.96 bits per heavy atom. The second kappa shape index (κ2) is 9.38. The fourth-order valence-electron chi connectivity index (χ4n) is 2.01. The number of carbonyl (C=O) groups excluding carboxylic acids is 1. The molecule has 1 amide bonds. The first-order valence-corrected chi connectivity index (χ1v) is 10.0. The standard InChI is InChI=1S/C15H21Cl2N3O4S/c1-9(2)14(20-25(4,22)23)15(21)18-8-13(19-24-3)11-6-5-10(16)7-12(11)17/h5-7,9,14,20H,8H2,1-4H3,(H,18,21). The molecule has 0 saturated carbocycles. The van der Waals surface area contributed by atoms with Crippen molar-refractivity contribution in [3.05, 3.63) is 33.8 Å². The lowest BCUT2D eigenvalue weighted by Gasteiger charge is -2.20. The highest BCUT2D eigenvalue weighted by Gasteiger charge is 2.25. The number of nitrogens with one attached hydrogen (secondary N) is 2. The highest BCUT2D eigenvalue weighted by atomic mass is 35.5. The van der Waals surface area contributed by atoms with Gasteiger partial charge in [-0.05, 0) is 24.1 Å². The van der Waals surface area contributed by atoms with Crippen LogP contribution in [-0.2, 0) is 19.7 Å². The van der Waals surface area contributed by atoms with Crippen molar-refractivity contribution in [2.24, 2.45) is 11.1 Å². The van der Waals surface area contributed by atoms with Crippen LogP contribution in [0.3, 0.4) is 0 Å². The quantitative estimate of drug-likeness (QED) is 0.506. The normalized spacial score (nSPS) is 13.6. The highest BCUT2D eigenvalue weighted by Crippen LogP contribution is 2.21. The third-order valence-corrected chi connectivity index (χ3v) is 4.39. The molecule has 140 valence electrons. The average molecular weight is 410 g/mol. The van der Waals surface area contributed by atoms with Gasteiger partial charge in [0.15, 0.2) is 0 Å². The van der Waals surface area contributed by atoms with Gasteiger partial charge >= 0.3 is 0 Å². The maximum atomic E-state index is 12.4. The highest BCUT2D eigenvalue weighted by molar-refractivity contribution is 7.88. The molecule has 0 heterocycles. The molecule has 0 aliphatic heterocycles. The Morgan fingerprint density at radius 1 is 1.32 bits per heavy atom. The van der Waals surface area contributed by atoms with Crippen LogP contribution in [0.15, 0.2) is 23.4 Å². The molecule has 0 spiro atoms. The minimum absolute atomic E-state index is 0.00267. The number of nitrogens with zero attached hydrogens (tertiary/aromatic N) is 1. The van der Waals surface area contributed by atoms with E-state index in [1.165, 1.54) is 7.11 Å². The molecule has 1 aromatic rings. The fourth-order valence-corrected chi connectivity index (χ4v) is 3.37. The molecule has 1 unspecified atom stereocenters. The molecule has 0 saturated heterocycles. The zero-order chi connectivity index (χ0) is 19.2. The molecule has 0 aliphatic carbocycles. The number of hydrogen-bond acceptors (Lipinski definition) is 5. The van der Waals surface area contributed by atoms with Gasteiger partial charge in [0.2, 0.25) is 15.9 Å². The van der Waals surface area contributed by atoms with Gasteiger partial charge in [0.25, 0.3) is 0 Å². The number of benzene rings is 1. The van der Waals surface area contributed by atoms with E-state index in [1.54, 1.807) is 32.0 Å². The lowest BCUT2D eigenvalue weighted by Crippen LogP contribution is -2.50. The number of amides is 1. The molecule has 1 atom stereocenters. The molecule has 0 bridgehead atoms. The SMILES string of the molecule is CON=C(CNC(=O)C(NS(C)(=O)=O)C(C)C)c1ccc(Cl)cc1Cl. The fraction of sp³-hybridized carbons (Fsp3) is 0.467. The van der Waals surface area contributed by atoms with Crippen LogP contribution in [0.4, 0.5) is 0 Å². The molecule has 2 N–H and O–H groups in total. The van der Waals surface area contributed by atoms with Gasteiger partial charge in [-0.15, -0.1) is 0 Å². The number of sulfonamides is 1. The van der Waals surface area contributed by atoms with E-state index in [9.17, 15) is 13.2 Å². The van der Waals surface area contributed by atoms with Crippen molar-refractivity contribution in [1.82, 2.24) is 10.0 Å². The number of oxime groups is 1. The van der Waals surface area contributed by atoms with E-state index in [-0.39, 0.29) is 12.5 Å². The Balaban J connectivity index is 2.93. The predicted octanol–water partition coefficient (Wildman–Crippen LogP) is 2.03. The van der Waals surface area contributed by atoms with Crippen LogP contribution >= 0.6 is 23.2 Å². The molecular weight excluding hydrogens is 389 g/mol. The second-order valence-electron chi connectivity index (χ2n) is 5.67. The van der Waals surface area contributed by atoms with E-state index >= 15 is 0 Å². The number of carbonyl (C=O) groups is 1. The van der Waals surface area contributed by atoms with Crippen LogP contribution in [0.5, 0.6) is 0 Å². The maximum Gasteiger partial charge on any atom is 0.238 e. The van der Waals surface area contributed by atoms with E-state index in [1.807, 2.05) is 0 Å². The van der Waals surface area contributed by atoms with Crippen LogP contribution < -0.4 is 10.0 Å².